The normalized spacial score (nSPS) is 14.3. The molecular formula is C16H16N2OS. The highest BCUT2D eigenvalue weighted by Crippen LogP contribution is 2.32. The van der Waals surface area contributed by atoms with Crippen molar-refractivity contribution in [1.82, 2.24) is 0 Å². The molecule has 1 N–H and O–H groups in total. The molecule has 1 aliphatic rings. The zero-order valence-electron chi connectivity index (χ0n) is 11.6. The first-order valence-corrected chi connectivity index (χ1v) is 7.53. The third kappa shape index (κ3) is 2.39. The summed E-state index contributed by atoms with van der Waals surface area (Å²) in [6.07, 6.45) is 0.967. The van der Waals surface area contributed by atoms with Gasteiger partial charge < -0.3 is 5.32 Å². The van der Waals surface area contributed by atoms with Gasteiger partial charge in [0.15, 0.2) is 0 Å². The van der Waals surface area contributed by atoms with Gasteiger partial charge >= 0.3 is 0 Å². The van der Waals surface area contributed by atoms with E-state index in [0.717, 1.165) is 28.3 Å². The number of carbonyl (C=O) groups excluding carboxylic acids is 1. The van der Waals surface area contributed by atoms with Gasteiger partial charge in [0.2, 0.25) is 5.91 Å². The van der Waals surface area contributed by atoms with Crippen molar-refractivity contribution in [3.63, 3.8) is 0 Å². The average molecular weight is 284 g/mol. The van der Waals surface area contributed by atoms with E-state index >= 15 is 0 Å². The monoisotopic (exact) mass is 284 g/mol. The van der Waals surface area contributed by atoms with Gasteiger partial charge in [-0.3, -0.25) is 9.79 Å². The predicted octanol–water partition coefficient (Wildman–Crippen LogP) is 3.41. The van der Waals surface area contributed by atoms with Crippen LogP contribution < -0.4 is 5.32 Å². The van der Waals surface area contributed by atoms with E-state index in [0.29, 0.717) is 0 Å². The first kappa shape index (κ1) is 13.1. The van der Waals surface area contributed by atoms with Crippen LogP contribution in [0.25, 0.3) is 0 Å². The maximum Gasteiger partial charge on any atom is 0.246 e. The lowest BCUT2D eigenvalue weighted by molar-refractivity contribution is -0.114. The summed E-state index contributed by atoms with van der Waals surface area (Å²) in [6, 6.07) is 10.4. The van der Waals surface area contributed by atoms with E-state index in [1.807, 2.05) is 6.07 Å². The molecule has 0 saturated carbocycles. The SMILES string of the molecule is CCc1cc2c(s1)NC(=O)CN=C2c1cccc(C)c1. The summed E-state index contributed by atoms with van der Waals surface area (Å²) in [5.74, 6) is -0.0431. The third-order valence-corrected chi connectivity index (χ3v) is 4.51. The van der Waals surface area contributed by atoms with E-state index in [1.165, 1.54) is 10.4 Å². The Morgan fingerprint density at radius 2 is 2.20 bits per heavy atom. The van der Waals surface area contributed by atoms with Crippen molar-refractivity contribution in [2.45, 2.75) is 20.3 Å². The van der Waals surface area contributed by atoms with Crippen molar-refractivity contribution in [2.75, 3.05) is 11.9 Å². The fraction of sp³-hybridized carbons (Fsp3) is 0.250. The molecular weight excluding hydrogens is 268 g/mol. The van der Waals surface area contributed by atoms with Crippen LogP contribution in [0.3, 0.4) is 0 Å². The zero-order valence-corrected chi connectivity index (χ0v) is 12.4. The van der Waals surface area contributed by atoms with Gasteiger partial charge in [-0.25, -0.2) is 0 Å². The van der Waals surface area contributed by atoms with Crippen LogP contribution in [0.2, 0.25) is 0 Å². The van der Waals surface area contributed by atoms with Crippen molar-refractivity contribution in [3.8, 4) is 0 Å². The van der Waals surface area contributed by atoms with Crippen molar-refractivity contribution < 1.29 is 4.79 Å². The molecule has 20 heavy (non-hydrogen) atoms. The second-order valence-corrected chi connectivity index (χ2v) is 6.03. The van der Waals surface area contributed by atoms with Crippen molar-refractivity contribution in [1.29, 1.82) is 0 Å². The van der Waals surface area contributed by atoms with Gasteiger partial charge in [-0.15, -0.1) is 11.3 Å². The number of thiophene rings is 1. The van der Waals surface area contributed by atoms with Gasteiger partial charge in [0.1, 0.15) is 11.5 Å². The molecule has 102 valence electrons. The third-order valence-electron chi connectivity index (χ3n) is 3.31. The number of amides is 1. The highest BCUT2D eigenvalue weighted by Gasteiger charge is 2.20. The van der Waals surface area contributed by atoms with Gasteiger partial charge in [-0.1, -0.05) is 30.7 Å². The molecule has 1 aromatic carbocycles. The van der Waals surface area contributed by atoms with Crippen LogP contribution in [0.1, 0.15) is 28.5 Å². The fourth-order valence-electron chi connectivity index (χ4n) is 2.33. The van der Waals surface area contributed by atoms with Crippen LogP contribution in [0.4, 0.5) is 5.00 Å². The lowest BCUT2D eigenvalue weighted by Gasteiger charge is -2.06. The van der Waals surface area contributed by atoms with Gasteiger partial charge in [-0.05, 0) is 25.5 Å². The minimum Gasteiger partial charge on any atom is -0.316 e. The van der Waals surface area contributed by atoms with Crippen LogP contribution in [0.5, 0.6) is 0 Å². The molecule has 1 aliphatic heterocycles. The largest absolute Gasteiger partial charge is 0.316 e. The molecule has 1 aromatic heterocycles. The number of fused-ring (bicyclic) bond motifs is 1. The average Bonchev–Trinajstić information content (AvgIpc) is 2.75. The summed E-state index contributed by atoms with van der Waals surface area (Å²) in [7, 11) is 0. The van der Waals surface area contributed by atoms with Crippen LogP contribution >= 0.6 is 11.3 Å². The Morgan fingerprint density at radius 3 is 2.95 bits per heavy atom. The Labute approximate surface area is 122 Å². The fourth-order valence-corrected chi connectivity index (χ4v) is 3.34. The summed E-state index contributed by atoms with van der Waals surface area (Å²) < 4.78 is 0. The number of rotatable bonds is 2. The minimum absolute atomic E-state index is 0.0431. The lowest BCUT2D eigenvalue weighted by Crippen LogP contribution is -2.12. The Morgan fingerprint density at radius 1 is 1.35 bits per heavy atom. The van der Waals surface area contributed by atoms with E-state index in [-0.39, 0.29) is 12.5 Å². The standard InChI is InChI=1S/C16H16N2OS/c1-3-12-8-13-15(11-6-4-5-10(2)7-11)17-9-14(19)18-16(13)20-12/h4-8H,3,9H2,1-2H3,(H,18,19). The first-order chi connectivity index (χ1) is 9.67. The number of aryl methyl sites for hydroxylation is 2. The van der Waals surface area contributed by atoms with E-state index < -0.39 is 0 Å². The molecule has 1 amide bonds. The Hall–Kier alpha value is -1.94. The van der Waals surface area contributed by atoms with Crippen LogP contribution in [-0.2, 0) is 11.2 Å². The molecule has 0 spiro atoms. The summed E-state index contributed by atoms with van der Waals surface area (Å²) >= 11 is 1.64. The van der Waals surface area contributed by atoms with Crippen molar-refractivity contribution in [2.24, 2.45) is 4.99 Å². The molecule has 3 rings (SSSR count). The molecule has 3 nitrogen and oxygen atoms in total. The van der Waals surface area contributed by atoms with E-state index in [4.69, 9.17) is 0 Å². The molecule has 4 heteroatoms. The van der Waals surface area contributed by atoms with Crippen molar-refractivity contribution >= 4 is 28.0 Å². The molecule has 2 heterocycles. The number of aliphatic imine (C=N–C) groups is 1. The second-order valence-electron chi connectivity index (χ2n) is 4.89. The Bertz CT molecular complexity index is 700. The highest BCUT2D eigenvalue weighted by molar-refractivity contribution is 7.16. The minimum atomic E-state index is -0.0431. The molecule has 0 saturated heterocycles. The number of nitrogens with zero attached hydrogens (tertiary/aromatic N) is 1. The topological polar surface area (TPSA) is 41.5 Å². The maximum absolute atomic E-state index is 11.8. The lowest BCUT2D eigenvalue weighted by atomic mass is 10.0. The Kier molecular flexibility index (Phi) is 3.40. The number of hydrogen-bond donors (Lipinski definition) is 1. The number of hydrogen-bond acceptors (Lipinski definition) is 3. The van der Waals surface area contributed by atoms with Crippen LogP contribution in [0.15, 0.2) is 35.3 Å². The summed E-state index contributed by atoms with van der Waals surface area (Å²) in [5.41, 5.74) is 4.23. The van der Waals surface area contributed by atoms with E-state index in [1.54, 1.807) is 11.3 Å². The quantitative estimate of drug-likeness (QED) is 0.902. The van der Waals surface area contributed by atoms with Gasteiger partial charge in [0.25, 0.3) is 0 Å². The summed E-state index contributed by atoms with van der Waals surface area (Å²) in [4.78, 5) is 17.6. The molecule has 0 atom stereocenters. The molecule has 0 bridgehead atoms. The summed E-state index contributed by atoms with van der Waals surface area (Å²) in [6.45, 7) is 4.37. The number of nitrogens with one attached hydrogen (secondary N) is 1. The number of carbonyl (C=O) groups is 1. The Balaban J connectivity index is 2.15. The van der Waals surface area contributed by atoms with Crippen LogP contribution in [0, 0.1) is 6.92 Å². The smallest absolute Gasteiger partial charge is 0.246 e. The van der Waals surface area contributed by atoms with E-state index in [2.05, 4.69) is 48.4 Å². The van der Waals surface area contributed by atoms with Gasteiger partial charge in [0, 0.05) is 16.0 Å². The zero-order chi connectivity index (χ0) is 14.1. The molecule has 0 radical (unpaired) electrons. The number of benzene rings is 1. The highest BCUT2D eigenvalue weighted by atomic mass is 32.1. The first-order valence-electron chi connectivity index (χ1n) is 6.72. The van der Waals surface area contributed by atoms with Gasteiger partial charge in [0.05, 0.1) is 5.71 Å². The molecule has 0 unspecified atom stereocenters. The molecule has 0 aliphatic carbocycles. The second kappa shape index (κ2) is 5.21. The van der Waals surface area contributed by atoms with E-state index in [9.17, 15) is 4.79 Å². The maximum atomic E-state index is 11.8. The number of anilines is 1. The predicted molar refractivity (Wildman–Crippen MR) is 84.0 cm³/mol. The summed E-state index contributed by atoms with van der Waals surface area (Å²) in [5, 5.41) is 3.88. The van der Waals surface area contributed by atoms with Crippen molar-refractivity contribution in [3.05, 3.63) is 51.9 Å². The molecule has 2 aromatic rings. The van der Waals surface area contributed by atoms with Crippen LogP contribution in [-0.4, -0.2) is 18.2 Å². The van der Waals surface area contributed by atoms with Gasteiger partial charge in [-0.2, -0.15) is 0 Å². The molecule has 0 fully saturated rings.